The van der Waals surface area contributed by atoms with Crippen molar-refractivity contribution in [3.8, 4) is 0 Å². The predicted octanol–water partition coefficient (Wildman–Crippen LogP) is 2.99. The number of amides is 1. The van der Waals surface area contributed by atoms with Crippen molar-refractivity contribution in [3.05, 3.63) is 17.3 Å². The summed E-state index contributed by atoms with van der Waals surface area (Å²) in [5.41, 5.74) is 0.395. The number of rotatable bonds is 3. The van der Waals surface area contributed by atoms with Gasteiger partial charge in [0.15, 0.2) is 11.6 Å². The molecule has 0 saturated carbocycles. The molecule has 1 aliphatic rings. The van der Waals surface area contributed by atoms with E-state index in [1.54, 1.807) is 14.0 Å². The Kier molecular flexibility index (Phi) is 4.42. The zero-order valence-corrected chi connectivity index (χ0v) is 13.9. The van der Waals surface area contributed by atoms with Gasteiger partial charge in [-0.1, -0.05) is 27.7 Å². The lowest BCUT2D eigenvalue weighted by Crippen LogP contribution is -2.51. The van der Waals surface area contributed by atoms with Crippen LogP contribution in [0.2, 0.25) is 0 Å². The predicted molar refractivity (Wildman–Crippen MR) is 80.4 cm³/mol. The van der Waals surface area contributed by atoms with Gasteiger partial charge < -0.3 is 14.1 Å². The molecule has 0 N–H and O–H groups in total. The zero-order valence-electron chi connectivity index (χ0n) is 13.9. The Morgan fingerprint density at radius 1 is 1.48 bits per heavy atom. The van der Waals surface area contributed by atoms with E-state index in [1.165, 1.54) is 0 Å². The Labute approximate surface area is 126 Å². The van der Waals surface area contributed by atoms with E-state index in [9.17, 15) is 4.79 Å². The summed E-state index contributed by atoms with van der Waals surface area (Å²) in [7, 11) is 1.74. The van der Waals surface area contributed by atoms with E-state index in [-0.39, 0.29) is 23.3 Å². The molecule has 0 radical (unpaired) electrons. The average molecular weight is 294 g/mol. The molecule has 1 saturated heterocycles. The number of methoxy groups -OCH3 is 1. The third-order valence-corrected chi connectivity index (χ3v) is 4.21. The first-order valence-corrected chi connectivity index (χ1v) is 7.55. The summed E-state index contributed by atoms with van der Waals surface area (Å²) in [6.07, 6.45) is 1.04. The number of nitrogens with zero attached hydrogens (tertiary/aromatic N) is 2. The van der Waals surface area contributed by atoms with Crippen molar-refractivity contribution in [1.29, 1.82) is 0 Å². The van der Waals surface area contributed by atoms with Crippen LogP contribution in [-0.4, -0.2) is 42.1 Å². The molecule has 1 unspecified atom stereocenters. The molecular weight excluding hydrogens is 268 g/mol. The van der Waals surface area contributed by atoms with Crippen LogP contribution in [-0.2, 0) is 4.74 Å². The van der Waals surface area contributed by atoms with Gasteiger partial charge in [-0.3, -0.25) is 4.79 Å². The first-order chi connectivity index (χ1) is 9.76. The average Bonchev–Trinajstić information content (AvgIpc) is 2.79. The number of aromatic nitrogens is 1. The van der Waals surface area contributed by atoms with Crippen LogP contribution in [0.5, 0.6) is 0 Å². The van der Waals surface area contributed by atoms with Crippen LogP contribution in [0, 0.1) is 12.3 Å². The molecule has 1 aromatic rings. The number of aryl methyl sites for hydroxylation is 1. The molecule has 0 spiro atoms. The van der Waals surface area contributed by atoms with Gasteiger partial charge in [0.25, 0.3) is 5.91 Å². The molecular formula is C16H26N2O3. The molecule has 0 aliphatic carbocycles. The lowest BCUT2D eigenvalue weighted by molar-refractivity contribution is -0.0445. The highest BCUT2D eigenvalue weighted by Gasteiger charge is 2.38. The maximum Gasteiger partial charge on any atom is 0.276 e. The van der Waals surface area contributed by atoms with Crippen molar-refractivity contribution in [2.24, 2.45) is 5.41 Å². The Balaban J connectivity index is 2.18. The first-order valence-electron chi connectivity index (χ1n) is 7.55. The number of likely N-dealkylation sites (tertiary alicyclic amines) is 1. The number of carbonyl (C=O) groups is 1. The van der Waals surface area contributed by atoms with Gasteiger partial charge in [0.1, 0.15) is 5.76 Å². The molecule has 1 amide bonds. The SMILES string of the molecule is COC1CCN(C(=O)c2nc(C(C)C)oc2C)CC1(C)C. The summed E-state index contributed by atoms with van der Waals surface area (Å²) < 4.78 is 11.1. The van der Waals surface area contributed by atoms with Gasteiger partial charge in [-0.05, 0) is 13.3 Å². The highest BCUT2D eigenvalue weighted by Crippen LogP contribution is 2.32. The number of hydrogen-bond acceptors (Lipinski definition) is 4. The number of hydrogen-bond donors (Lipinski definition) is 0. The smallest absolute Gasteiger partial charge is 0.276 e. The van der Waals surface area contributed by atoms with Gasteiger partial charge in [-0.2, -0.15) is 0 Å². The second-order valence-corrected chi connectivity index (χ2v) is 6.84. The molecule has 2 heterocycles. The lowest BCUT2D eigenvalue weighted by atomic mass is 9.81. The topological polar surface area (TPSA) is 55.6 Å². The van der Waals surface area contributed by atoms with Crippen molar-refractivity contribution in [1.82, 2.24) is 9.88 Å². The third-order valence-electron chi connectivity index (χ3n) is 4.21. The normalized spacial score (nSPS) is 21.9. The van der Waals surface area contributed by atoms with Crippen molar-refractivity contribution >= 4 is 5.91 Å². The molecule has 1 aliphatic heterocycles. The third kappa shape index (κ3) is 3.12. The van der Waals surface area contributed by atoms with Crippen LogP contribution >= 0.6 is 0 Å². The van der Waals surface area contributed by atoms with Crippen LogP contribution in [0.15, 0.2) is 4.42 Å². The van der Waals surface area contributed by atoms with Crippen molar-refractivity contribution in [3.63, 3.8) is 0 Å². The molecule has 21 heavy (non-hydrogen) atoms. The van der Waals surface area contributed by atoms with Crippen LogP contribution in [0.3, 0.4) is 0 Å². The Hall–Kier alpha value is -1.36. The fourth-order valence-corrected chi connectivity index (χ4v) is 2.96. The quantitative estimate of drug-likeness (QED) is 0.860. The first kappa shape index (κ1) is 16.0. The van der Waals surface area contributed by atoms with E-state index in [0.29, 0.717) is 30.4 Å². The fourth-order valence-electron chi connectivity index (χ4n) is 2.96. The summed E-state index contributed by atoms with van der Waals surface area (Å²) in [5.74, 6) is 1.38. The Morgan fingerprint density at radius 3 is 2.62 bits per heavy atom. The molecule has 1 atom stereocenters. The number of oxazole rings is 1. The van der Waals surface area contributed by atoms with Crippen molar-refractivity contribution in [2.75, 3.05) is 20.2 Å². The zero-order chi connectivity index (χ0) is 15.8. The largest absolute Gasteiger partial charge is 0.445 e. The van der Waals surface area contributed by atoms with Crippen LogP contribution in [0.4, 0.5) is 0 Å². The van der Waals surface area contributed by atoms with Gasteiger partial charge in [0, 0.05) is 31.5 Å². The highest BCUT2D eigenvalue weighted by molar-refractivity contribution is 5.93. The maximum atomic E-state index is 12.7. The Bertz CT molecular complexity index is 520. The van der Waals surface area contributed by atoms with E-state index >= 15 is 0 Å². The second kappa shape index (κ2) is 5.79. The molecule has 5 heteroatoms. The Morgan fingerprint density at radius 2 is 2.14 bits per heavy atom. The molecule has 2 rings (SSSR count). The van der Waals surface area contributed by atoms with Gasteiger partial charge in [0.2, 0.25) is 0 Å². The van der Waals surface area contributed by atoms with Crippen molar-refractivity contribution < 1.29 is 13.9 Å². The molecule has 0 aromatic carbocycles. The molecule has 0 bridgehead atoms. The van der Waals surface area contributed by atoms with E-state index in [1.807, 2.05) is 18.7 Å². The highest BCUT2D eigenvalue weighted by atomic mass is 16.5. The van der Waals surface area contributed by atoms with E-state index in [0.717, 1.165) is 6.42 Å². The van der Waals surface area contributed by atoms with Gasteiger partial charge in [0.05, 0.1) is 6.10 Å². The lowest BCUT2D eigenvalue weighted by Gasteiger charge is -2.43. The van der Waals surface area contributed by atoms with Gasteiger partial charge in [-0.25, -0.2) is 4.98 Å². The summed E-state index contributed by atoms with van der Waals surface area (Å²) in [6.45, 7) is 11.5. The van der Waals surface area contributed by atoms with Crippen LogP contribution in [0.1, 0.15) is 62.2 Å². The maximum absolute atomic E-state index is 12.7. The minimum absolute atomic E-state index is 0.0363. The standard InChI is InChI=1S/C16H26N2O3/c1-10(2)14-17-13(11(3)21-14)15(19)18-8-7-12(20-6)16(4,5)9-18/h10,12H,7-9H2,1-6H3. The summed E-state index contributed by atoms with van der Waals surface area (Å²) in [5, 5.41) is 0. The number of piperidine rings is 1. The molecule has 5 nitrogen and oxygen atoms in total. The fraction of sp³-hybridized carbons (Fsp3) is 0.750. The minimum atomic E-state index is -0.0544. The number of carbonyl (C=O) groups excluding carboxylic acids is 1. The minimum Gasteiger partial charge on any atom is -0.445 e. The summed E-state index contributed by atoms with van der Waals surface area (Å²) in [6, 6.07) is 0. The molecule has 118 valence electrons. The monoisotopic (exact) mass is 294 g/mol. The molecule has 1 fully saturated rings. The van der Waals surface area contributed by atoms with E-state index in [4.69, 9.17) is 9.15 Å². The van der Waals surface area contributed by atoms with Crippen LogP contribution < -0.4 is 0 Å². The van der Waals surface area contributed by atoms with E-state index in [2.05, 4.69) is 18.8 Å². The summed E-state index contributed by atoms with van der Waals surface area (Å²) in [4.78, 5) is 18.9. The summed E-state index contributed by atoms with van der Waals surface area (Å²) >= 11 is 0. The van der Waals surface area contributed by atoms with Gasteiger partial charge >= 0.3 is 0 Å². The van der Waals surface area contributed by atoms with Crippen molar-refractivity contribution in [2.45, 2.75) is 53.1 Å². The number of ether oxygens (including phenoxy) is 1. The molecule has 1 aromatic heterocycles. The van der Waals surface area contributed by atoms with Crippen LogP contribution in [0.25, 0.3) is 0 Å². The van der Waals surface area contributed by atoms with E-state index < -0.39 is 0 Å². The van der Waals surface area contributed by atoms with Gasteiger partial charge in [-0.15, -0.1) is 0 Å². The second-order valence-electron chi connectivity index (χ2n) is 6.84.